The van der Waals surface area contributed by atoms with Gasteiger partial charge < -0.3 is 0 Å². The molecule has 0 N–H and O–H groups in total. The quantitative estimate of drug-likeness (QED) is 0.579. The van der Waals surface area contributed by atoms with E-state index in [9.17, 15) is 4.39 Å². The summed E-state index contributed by atoms with van der Waals surface area (Å²) in [6.45, 7) is 3.95. The van der Waals surface area contributed by atoms with E-state index >= 15 is 0 Å². The number of allylic oxidation sites excluding steroid dienone is 8. The predicted octanol–water partition coefficient (Wildman–Crippen LogP) is 4.47. The summed E-state index contributed by atoms with van der Waals surface area (Å²) in [5.74, 6) is -0.0288. The van der Waals surface area contributed by atoms with Gasteiger partial charge in [0.25, 0.3) is 0 Å². The van der Waals surface area contributed by atoms with Crippen LogP contribution in [0.25, 0.3) is 0 Å². The molecule has 0 aromatic carbocycles. The van der Waals surface area contributed by atoms with Gasteiger partial charge in [0, 0.05) is 0 Å². The number of halogens is 1. The van der Waals surface area contributed by atoms with Crippen molar-refractivity contribution in [2.45, 2.75) is 33.1 Å². The summed E-state index contributed by atoms with van der Waals surface area (Å²) in [5, 5.41) is 0. The summed E-state index contributed by atoms with van der Waals surface area (Å²) in [7, 11) is 0. The highest BCUT2D eigenvalue weighted by Gasteiger charge is 2.09. The second-order valence-corrected chi connectivity index (χ2v) is 3.60. The fraction of sp³-hybridized carbons (Fsp3) is 0.385. The summed E-state index contributed by atoms with van der Waals surface area (Å²) in [6.07, 6.45) is 12.2. The molecule has 0 aromatic heterocycles. The Balaban J connectivity index is 2.56. The van der Waals surface area contributed by atoms with Gasteiger partial charge in [-0.15, -0.1) is 0 Å². The Bertz CT molecular complexity index is 303. The molecule has 0 amide bonds. The Morgan fingerprint density at radius 1 is 1.36 bits per heavy atom. The highest BCUT2D eigenvalue weighted by Crippen LogP contribution is 2.26. The molecule has 14 heavy (non-hydrogen) atoms. The molecule has 0 saturated carbocycles. The van der Waals surface area contributed by atoms with Crippen molar-refractivity contribution in [3.63, 3.8) is 0 Å². The third kappa shape index (κ3) is 3.33. The van der Waals surface area contributed by atoms with Crippen LogP contribution in [-0.2, 0) is 0 Å². The van der Waals surface area contributed by atoms with E-state index in [1.165, 1.54) is 0 Å². The van der Waals surface area contributed by atoms with Gasteiger partial charge in [-0.3, -0.25) is 0 Å². The molecule has 0 unspecified atom stereocenters. The van der Waals surface area contributed by atoms with E-state index in [2.05, 4.69) is 0 Å². The smallest absolute Gasteiger partial charge is 0.122 e. The Hall–Kier alpha value is -1.11. The zero-order valence-corrected chi connectivity index (χ0v) is 8.89. The van der Waals surface area contributed by atoms with Crippen LogP contribution in [0, 0.1) is 0 Å². The minimum absolute atomic E-state index is 0.0288. The zero-order chi connectivity index (χ0) is 10.4. The Morgan fingerprint density at radius 3 is 2.79 bits per heavy atom. The van der Waals surface area contributed by atoms with E-state index < -0.39 is 0 Å². The largest absolute Gasteiger partial charge is 0.207 e. The summed E-state index contributed by atoms with van der Waals surface area (Å²) >= 11 is 0. The highest BCUT2D eigenvalue weighted by molar-refractivity contribution is 5.29. The molecule has 0 heterocycles. The minimum Gasteiger partial charge on any atom is -0.207 e. The van der Waals surface area contributed by atoms with Gasteiger partial charge in [-0.25, -0.2) is 4.39 Å². The van der Waals surface area contributed by atoms with Crippen molar-refractivity contribution in [2.75, 3.05) is 0 Å². The summed E-state index contributed by atoms with van der Waals surface area (Å²) in [5.41, 5.74) is 2.07. The van der Waals surface area contributed by atoms with Gasteiger partial charge in [0.05, 0.1) is 0 Å². The molecule has 0 radical (unpaired) electrons. The van der Waals surface area contributed by atoms with Crippen molar-refractivity contribution in [1.29, 1.82) is 0 Å². The normalized spacial score (nSPS) is 18.4. The van der Waals surface area contributed by atoms with Crippen molar-refractivity contribution in [3.8, 4) is 0 Å². The fourth-order valence-electron chi connectivity index (χ4n) is 1.46. The Kier molecular flexibility index (Phi) is 4.37. The molecule has 1 aliphatic rings. The van der Waals surface area contributed by atoms with Gasteiger partial charge in [0.1, 0.15) is 5.83 Å². The molecule has 0 bridgehead atoms. The first-order valence-corrected chi connectivity index (χ1v) is 5.06. The molecule has 0 aliphatic heterocycles. The predicted molar refractivity (Wildman–Crippen MR) is 59.7 cm³/mol. The second-order valence-electron chi connectivity index (χ2n) is 3.60. The van der Waals surface area contributed by atoms with Gasteiger partial charge in [-0.05, 0) is 44.8 Å². The molecule has 0 nitrogen and oxygen atoms in total. The van der Waals surface area contributed by atoms with Crippen LogP contribution in [0.5, 0.6) is 0 Å². The first kappa shape index (κ1) is 11.0. The van der Waals surface area contributed by atoms with Gasteiger partial charge in [-0.1, -0.05) is 29.9 Å². The lowest BCUT2D eigenvalue weighted by Gasteiger charge is -2.11. The lowest BCUT2D eigenvalue weighted by molar-refractivity contribution is 0.625. The van der Waals surface area contributed by atoms with Crippen LogP contribution in [0.3, 0.4) is 0 Å². The number of hydrogen-bond acceptors (Lipinski definition) is 0. The third-order valence-electron chi connectivity index (χ3n) is 2.34. The molecule has 1 aliphatic carbocycles. The van der Waals surface area contributed by atoms with Crippen LogP contribution in [0.15, 0.2) is 47.4 Å². The standard InChI is InChI=1S/C13H17F/c1-3-4-5-6-7-12-9-8-11(2)10-13(12)14/h3-6,10H,7-9H2,1-2H3/b4-3-,6-5-. The fourth-order valence-corrected chi connectivity index (χ4v) is 1.46. The van der Waals surface area contributed by atoms with E-state index in [0.29, 0.717) is 0 Å². The van der Waals surface area contributed by atoms with Crippen LogP contribution in [0.1, 0.15) is 33.1 Å². The maximum atomic E-state index is 13.4. The van der Waals surface area contributed by atoms with Gasteiger partial charge in [0.15, 0.2) is 0 Å². The van der Waals surface area contributed by atoms with Crippen LogP contribution in [0.4, 0.5) is 4.39 Å². The first-order valence-electron chi connectivity index (χ1n) is 5.06. The van der Waals surface area contributed by atoms with Crippen LogP contribution in [-0.4, -0.2) is 0 Å². The summed E-state index contributed by atoms with van der Waals surface area (Å²) in [4.78, 5) is 0. The van der Waals surface area contributed by atoms with E-state index in [1.54, 1.807) is 6.08 Å². The SMILES string of the molecule is C/C=C\C=C/CC1=C(F)C=C(C)CC1. The van der Waals surface area contributed by atoms with Gasteiger partial charge in [0.2, 0.25) is 0 Å². The van der Waals surface area contributed by atoms with Crippen molar-refractivity contribution in [3.05, 3.63) is 47.4 Å². The van der Waals surface area contributed by atoms with E-state index in [-0.39, 0.29) is 5.83 Å². The van der Waals surface area contributed by atoms with Crippen LogP contribution >= 0.6 is 0 Å². The van der Waals surface area contributed by atoms with Crippen molar-refractivity contribution in [2.24, 2.45) is 0 Å². The maximum absolute atomic E-state index is 13.4. The molecule has 0 aromatic rings. The summed E-state index contributed by atoms with van der Waals surface area (Å²) in [6, 6.07) is 0. The second kappa shape index (κ2) is 5.58. The third-order valence-corrected chi connectivity index (χ3v) is 2.34. The Labute approximate surface area is 85.5 Å². The zero-order valence-electron chi connectivity index (χ0n) is 8.89. The molecule has 0 fully saturated rings. The van der Waals surface area contributed by atoms with Crippen molar-refractivity contribution < 1.29 is 4.39 Å². The average Bonchev–Trinajstić information content (AvgIpc) is 2.15. The van der Waals surface area contributed by atoms with Crippen molar-refractivity contribution >= 4 is 0 Å². The molecule has 1 rings (SSSR count). The molecule has 0 saturated heterocycles. The minimum atomic E-state index is -0.0288. The van der Waals surface area contributed by atoms with Crippen molar-refractivity contribution in [1.82, 2.24) is 0 Å². The molecular formula is C13H17F. The van der Waals surface area contributed by atoms with Crippen LogP contribution < -0.4 is 0 Å². The van der Waals surface area contributed by atoms with Gasteiger partial charge >= 0.3 is 0 Å². The molecular weight excluding hydrogens is 175 g/mol. The molecule has 0 atom stereocenters. The van der Waals surface area contributed by atoms with E-state index in [0.717, 1.165) is 30.4 Å². The topological polar surface area (TPSA) is 0 Å². The average molecular weight is 192 g/mol. The lowest BCUT2D eigenvalue weighted by atomic mass is 9.96. The monoisotopic (exact) mass is 192 g/mol. The Morgan fingerprint density at radius 2 is 2.14 bits per heavy atom. The van der Waals surface area contributed by atoms with E-state index in [1.807, 2.05) is 38.2 Å². The van der Waals surface area contributed by atoms with Crippen LogP contribution in [0.2, 0.25) is 0 Å². The molecule has 1 heteroatoms. The molecule has 0 spiro atoms. The first-order chi connectivity index (χ1) is 6.74. The molecule has 76 valence electrons. The summed E-state index contributed by atoms with van der Waals surface area (Å²) < 4.78 is 13.4. The maximum Gasteiger partial charge on any atom is 0.122 e. The lowest BCUT2D eigenvalue weighted by Crippen LogP contribution is -1.94. The number of hydrogen-bond donors (Lipinski definition) is 0. The number of rotatable bonds is 3. The highest BCUT2D eigenvalue weighted by atomic mass is 19.1. The van der Waals surface area contributed by atoms with E-state index in [4.69, 9.17) is 0 Å². The van der Waals surface area contributed by atoms with Gasteiger partial charge in [-0.2, -0.15) is 0 Å².